The first kappa shape index (κ1) is 17.6. The molecular formula is C18H22N4O2S. The molecule has 0 saturated heterocycles. The number of anilines is 2. The summed E-state index contributed by atoms with van der Waals surface area (Å²) in [6, 6.07) is 3.89. The lowest BCUT2D eigenvalue weighted by Crippen LogP contribution is -2.16. The molecule has 0 bridgehead atoms. The molecule has 0 aliphatic carbocycles. The highest BCUT2D eigenvalue weighted by Crippen LogP contribution is 2.30. The predicted octanol–water partition coefficient (Wildman–Crippen LogP) is 3.85. The van der Waals surface area contributed by atoms with E-state index in [1.165, 1.54) is 11.2 Å². The van der Waals surface area contributed by atoms with Crippen molar-refractivity contribution < 1.29 is 9.84 Å². The first-order chi connectivity index (χ1) is 12.1. The van der Waals surface area contributed by atoms with Crippen molar-refractivity contribution >= 4 is 33.2 Å². The maximum Gasteiger partial charge on any atom is 0.188 e. The average molecular weight is 358 g/mol. The third-order valence-corrected chi connectivity index (χ3v) is 5.02. The summed E-state index contributed by atoms with van der Waals surface area (Å²) in [7, 11) is 0. The van der Waals surface area contributed by atoms with Crippen LogP contribution in [0.1, 0.15) is 30.7 Å². The van der Waals surface area contributed by atoms with Gasteiger partial charge in [0.2, 0.25) is 0 Å². The number of nitrogens with zero attached hydrogens (tertiary/aromatic N) is 3. The minimum absolute atomic E-state index is 0.276. The van der Waals surface area contributed by atoms with Crippen LogP contribution in [-0.2, 0) is 6.42 Å². The third-order valence-electron chi connectivity index (χ3n) is 3.96. The van der Waals surface area contributed by atoms with E-state index in [2.05, 4.69) is 27.2 Å². The van der Waals surface area contributed by atoms with Gasteiger partial charge in [-0.25, -0.2) is 15.0 Å². The molecule has 2 heterocycles. The number of ether oxygens (including phenoxy) is 1. The summed E-state index contributed by atoms with van der Waals surface area (Å²) in [5, 5.41) is 14.7. The first-order valence-corrected chi connectivity index (χ1v) is 9.20. The third kappa shape index (κ3) is 4.05. The molecule has 1 atom stereocenters. The summed E-state index contributed by atoms with van der Waals surface area (Å²) in [5.41, 5.74) is 1.76. The highest BCUT2D eigenvalue weighted by molar-refractivity contribution is 7.15. The number of hydrogen-bond donors (Lipinski definition) is 2. The van der Waals surface area contributed by atoms with Gasteiger partial charge in [-0.3, -0.25) is 0 Å². The Morgan fingerprint density at radius 1 is 1.24 bits per heavy atom. The van der Waals surface area contributed by atoms with Crippen LogP contribution in [0.3, 0.4) is 0 Å². The van der Waals surface area contributed by atoms with Crippen molar-refractivity contribution in [3.8, 4) is 5.75 Å². The Hall–Kier alpha value is -2.25. The van der Waals surface area contributed by atoms with Gasteiger partial charge in [0.15, 0.2) is 5.13 Å². The summed E-state index contributed by atoms with van der Waals surface area (Å²) in [6.07, 6.45) is 4.57. The molecule has 0 radical (unpaired) electrons. The standard InChI is InChI=1S/C18H22N4O2S/c1-4-12(23)9-24-16-7-15-14(6-11(16)3)17(21-10-20-15)22-18-19-8-13(5-2)25-18/h6-8,10,12,23H,4-5,9H2,1-3H3,(H,19,20,21,22). The quantitative estimate of drug-likeness (QED) is 0.668. The molecule has 0 spiro atoms. The fourth-order valence-corrected chi connectivity index (χ4v) is 3.13. The summed E-state index contributed by atoms with van der Waals surface area (Å²) in [5.74, 6) is 1.46. The van der Waals surface area contributed by atoms with E-state index in [-0.39, 0.29) is 6.61 Å². The van der Waals surface area contributed by atoms with Crippen LogP contribution in [0.5, 0.6) is 5.75 Å². The maximum absolute atomic E-state index is 9.69. The van der Waals surface area contributed by atoms with E-state index in [0.29, 0.717) is 6.42 Å². The monoisotopic (exact) mass is 358 g/mol. The fourth-order valence-electron chi connectivity index (χ4n) is 2.38. The topological polar surface area (TPSA) is 80.2 Å². The average Bonchev–Trinajstić information content (AvgIpc) is 3.08. The SMILES string of the molecule is CCc1cnc(Nc2ncnc3cc(OCC(O)CC)c(C)cc23)s1. The zero-order valence-corrected chi connectivity index (χ0v) is 15.4. The van der Waals surface area contributed by atoms with Crippen LogP contribution in [-0.4, -0.2) is 32.8 Å². The van der Waals surface area contributed by atoms with Gasteiger partial charge in [-0.2, -0.15) is 0 Å². The minimum atomic E-state index is -0.463. The molecule has 2 N–H and O–H groups in total. The molecule has 0 aliphatic rings. The number of aryl methyl sites for hydroxylation is 2. The summed E-state index contributed by atoms with van der Waals surface area (Å²) in [6.45, 7) is 6.28. The molecule has 2 aromatic heterocycles. The van der Waals surface area contributed by atoms with Gasteiger partial charge in [0, 0.05) is 22.5 Å². The summed E-state index contributed by atoms with van der Waals surface area (Å²) in [4.78, 5) is 14.3. The molecule has 132 valence electrons. The number of aliphatic hydroxyl groups excluding tert-OH is 1. The highest BCUT2D eigenvalue weighted by atomic mass is 32.1. The Bertz CT molecular complexity index is 865. The number of hydrogen-bond acceptors (Lipinski definition) is 7. The Morgan fingerprint density at radius 3 is 2.80 bits per heavy atom. The lowest BCUT2D eigenvalue weighted by molar-refractivity contribution is 0.104. The van der Waals surface area contributed by atoms with Gasteiger partial charge in [-0.05, 0) is 31.4 Å². The van der Waals surface area contributed by atoms with Gasteiger partial charge in [0.25, 0.3) is 0 Å². The molecule has 3 rings (SSSR count). The molecule has 0 amide bonds. The van der Waals surface area contributed by atoms with Gasteiger partial charge >= 0.3 is 0 Å². The van der Waals surface area contributed by atoms with E-state index in [9.17, 15) is 5.11 Å². The van der Waals surface area contributed by atoms with Gasteiger partial charge in [-0.1, -0.05) is 13.8 Å². The smallest absolute Gasteiger partial charge is 0.188 e. The number of aromatic nitrogens is 3. The van der Waals surface area contributed by atoms with E-state index in [0.717, 1.165) is 39.6 Å². The van der Waals surface area contributed by atoms with Crippen molar-refractivity contribution in [1.29, 1.82) is 0 Å². The van der Waals surface area contributed by atoms with Crippen LogP contribution in [0.15, 0.2) is 24.7 Å². The van der Waals surface area contributed by atoms with Crippen molar-refractivity contribution in [2.24, 2.45) is 0 Å². The van der Waals surface area contributed by atoms with Crippen LogP contribution in [0.4, 0.5) is 10.9 Å². The lowest BCUT2D eigenvalue weighted by Gasteiger charge is -2.14. The molecular weight excluding hydrogens is 336 g/mol. The molecule has 3 aromatic rings. The Balaban J connectivity index is 1.89. The summed E-state index contributed by atoms with van der Waals surface area (Å²) >= 11 is 1.62. The van der Waals surface area contributed by atoms with Crippen LogP contribution < -0.4 is 10.1 Å². The number of nitrogens with one attached hydrogen (secondary N) is 1. The summed E-state index contributed by atoms with van der Waals surface area (Å²) < 4.78 is 5.73. The van der Waals surface area contributed by atoms with E-state index in [1.807, 2.05) is 32.2 Å². The largest absolute Gasteiger partial charge is 0.491 e. The molecule has 1 unspecified atom stereocenters. The predicted molar refractivity (Wildman–Crippen MR) is 101 cm³/mol. The Morgan fingerprint density at radius 2 is 2.08 bits per heavy atom. The number of aliphatic hydroxyl groups is 1. The first-order valence-electron chi connectivity index (χ1n) is 8.38. The van der Waals surface area contributed by atoms with E-state index in [4.69, 9.17) is 4.74 Å². The van der Waals surface area contributed by atoms with E-state index < -0.39 is 6.10 Å². The lowest BCUT2D eigenvalue weighted by atomic mass is 10.1. The molecule has 0 fully saturated rings. The van der Waals surface area contributed by atoms with Gasteiger partial charge in [0.05, 0.1) is 11.6 Å². The fraction of sp³-hybridized carbons (Fsp3) is 0.389. The second-order valence-electron chi connectivity index (χ2n) is 5.84. The molecule has 1 aromatic carbocycles. The number of benzene rings is 1. The minimum Gasteiger partial charge on any atom is -0.491 e. The van der Waals surface area contributed by atoms with Crippen LogP contribution in [0.2, 0.25) is 0 Å². The molecule has 6 nitrogen and oxygen atoms in total. The van der Waals surface area contributed by atoms with Crippen molar-refractivity contribution in [2.75, 3.05) is 11.9 Å². The van der Waals surface area contributed by atoms with Crippen molar-refractivity contribution in [2.45, 2.75) is 39.7 Å². The highest BCUT2D eigenvalue weighted by Gasteiger charge is 2.11. The van der Waals surface area contributed by atoms with Gasteiger partial charge in [-0.15, -0.1) is 11.3 Å². The number of thiazole rings is 1. The van der Waals surface area contributed by atoms with Gasteiger partial charge < -0.3 is 15.2 Å². The zero-order chi connectivity index (χ0) is 17.8. The molecule has 7 heteroatoms. The van der Waals surface area contributed by atoms with Crippen LogP contribution >= 0.6 is 11.3 Å². The Kier molecular flexibility index (Phi) is 5.45. The Labute approximate surface area is 150 Å². The molecule has 25 heavy (non-hydrogen) atoms. The van der Waals surface area contributed by atoms with E-state index >= 15 is 0 Å². The zero-order valence-electron chi connectivity index (χ0n) is 14.6. The number of fused-ring (bicyclic) bond motifs is 1. The van der Waals surface area contributed by atoms with Crippen molar-refractivity contribution in [3.05, 3.63) is 35.1 Å². The van der Waals surface area contributed by atoms with Crippen LogP contribution in [0, 0.1) is 6.92 Å². The van der Waals surface area contributed by atoms with Gasteiger partial charge in [0.1, 0.15) is 24.5 Å². The second-order valence-corrected chi connectivity index (χ2v) is 6.96. The molecule has 0 aliphatic heterocycles. The normalized spacial score (nSPS) is 12.3. The van der Waals surface area contributed by atoms with E-state index in [1.54, 1.807) is 11.3 Å². The van der Waals surface area contributed by atoms with Crippen LogP contribution in [0.25, 0.3) is 10.9 Å². The second kappa shape index (κ2) is 7.76. The maximum atomic E-state index is 9.69. The number of rotatable bonds is 7. The van der Waals surface area contributed by atoms with Crippen molar-refractivity contribution in [1.82, 2.24) is 15.0 Å². The molecule has 0 saturated carbocycles. The van der Waals surface area contributed by atoms with Crippen molar-refractivity contribution in [3.63, 3.8) is 0 Å².